The summed E-state index contributed by atoms with van der Waals surface area (Å²) >= 11 is 0. The van der Waals surface area contributed by atoms with Gasteiger partial charge in [-0.05, 0) is 26.8 Å². The lowest BCUT2D eigenvalue weighted by molar-refractivity contribution is 0.357. The second-order valence-electron chi connectivity index (χ2n) is 5.39. The van der Waals surface area contributed by atoms with Gasteiger partial charge < -0.3 is 8.92 Å². The summed E-state index contributed by atoms with van der Waals surface area (Å²) in [5.41, 5.74) is 0.354. The number of methoxy groups -OCH3 is 1. The van der Waals surface area contributed by atoms with Crippen LogP contribution < -0.4 is 8.92 Å². The highest BCUT2D eigenvalue weighted by Crippen LogP contribution is 2.35. The number of hydrogen-bond acceptors (Lipinski definition) is 6. The first kappa shape index (κ1) is 14.6. The van der Waals surface area contributed by atoms with Crippen LogP contribution in [-0.2, 0) is 15.7 Å². The zero-order chi connectivity index (χ0) is 15.1. The summed E-state index contributed by atoms with van der Waals surface area (Å²) in [6.45, 7) is 5.86. The van der Waals surface area contributed by atoms with E-state index < -0.39 is 10.1 Å². The van der Waals surface area contributed by atoms with Crippen LogP contribution >= 0.6 is 0 Å². The first-order chi connectivity index (χ1) is 9.13. The molecule has 2 aromatic heterocycles. The summed E-state index contributed by atoms with van der Waals surface area (Å²) in [7, 11) is -2.23. The maximum absolute atomic E-state index is 11.4. The van der Waals surface area contributed by atoms with Crippen LogP contribution in [0, 0.1) is 0 Å². The summed E-state index contributed by atoms with van der Waals surface area (Å²) in [5.74, 6) is 0.249. The standard InChI is InChI=1S/C12H17N3O4S/c1-12(2,3)15-8-6-7-13-10(18-4)9(8)11(14-15)19-20(5,16)17/h6-7H,1-5H3. The first-order valence-electron chi connectivity index (χ1n) is 5.95. The van der Waals surface area contributed by atoms with Crippen LogP contribution in [-0.4, -0.2) is 36.5 Å². The molecular weight excluding hydrogens is 282 g/mol. The van der Waals surface area contributed by atoms with E-state index in [9.17, 15) is 8.42 Å². The highest BCUT2D eigenvalue weighted by Gasteiger charge is 2.25. The van der Waals surface area contributed by atoms with E-state index >= 15 is 0 Å². The van der Waals surface area contributed by atoms with Gasteiger partial charge in [0.05, 0.1) is 24.4 Å². The number of rotatable bonds is 3. The van der Waals surface area contributed by atoms with Gasteiger partial charge in [-0.15, -0.1) is 5.10 Å². The monoisotopic (exact) mass is 299 g/mol. The molecule has 0 aromatic carbocycles. The molecule has 0 amide bonds. The van der Waals surface area contributed by atoms with Crippen LogP contribution in [0.1, 0.15) is 20.8 Å². The van der Waals surface area contributed by atoms with E-state index in [0.717, 1.165) is 6.26 Å². The van der Waals surface area contributed by atoms with E-state index in [1.807, 2.05) is 20.8 Å². The quantitative estimate of drug-likeness (QED) is 0.799. The van der Waals surface area contributed by atoms with Crippen molar-refractivity contribution in [2.45, 2.75) is 26.3 Å². The number of aromatic nitrogens is 3. The molecule has 0 spiro atoms. The van der Waals surface area contributed by atoms with Gasteiger partial charge in [-0.2, -0.15) is 8.42 Å². The Hall–Kier alpha value is -1.83. The molecule has 7 nitrogen and oxygen atoms in total. The number of ether oxygens (including phenoxy) is 1. The Bertz CT molecular complexity index is 744. The third-order valence-corrected chi connectivity index (χ3v) is 3.05. The van der Waals surface area contributed by atoms with Gasteiger partial charge in [0.25, 0.3) is 5.88 Å². The normalized spacial score (nSPS) is 12.7. The molecule has 8 heteroatoms. The molecule has 110 valence electrons. The van der Waals surface area contributed by atoms with Gasteiger partial charge in [0, 0.05) is 6.20 Å². The van der Waals surface area contributed by atoms with Crippen LogP contribution in [0.25, 0.3) is 10.9 Å². The van der Waals surface area contributed by atoms with Crippen molar-refractivity contribution in [1.82, 2.24) is 14.8 Å². The summed E-state index contributed by atoms with van der Waals surface area (Å²) in [6, 6.07) is 1.74. The molecule has 0 bridgehead atoms. The Morgan fingerprint density at radius 2 is 1.90 bits per heavy atom. The van der Waals surface area contributed by atoms with Crippen LogP contribution in [0.15, 0.2) is 12.3 Å². The van der Waals surface area contributed by atoms with Crippen molar-refractivity contribution < 1.29 is 17.3 Å². The van der Waals surface area contributed by atoms with Gasteiger partial charge >= 0.3 is 10.1 Å². The zero-order valence-electron chi connectivity index (χ0n) is 12.0. The zero-order valence-corrected chi connectivity index (χ0v) is 12.9. The van der Waals surface area contributed by atoms with Crippen LogP contribution in [0.2, 0.25) is 0 Å². The largest absolute Gasteiger partial charge is 0.480 e. The Kier molecular flexibility index (Phi) is 3.37. The van der Waals surface area contributed by atoms with E-state index in [1.165, 1.54) is 7.11 Å². The Balaban J connectivity index is 2.80. The lowest BCUT2D eigenvalue weighted by Gasteiger charge is -2.20. The van der Waals surface area contributed by atoms with Gasteiger partial charge in [-0.25, -0.2) is 4.98 Å². The first-order valence-corrected chi connectivity index (χ1v) is 7.77. The lowest BCUT2D eigenvalue weighted by atomic mass is 10.1. The van der Waals surface area contributed by atoms with E-state index in [1.54, 1.807) is 16.9 Å². The molecule has 0 atom stereocenters. The molecule has 0 saturated heterocycles. The number of hydrogen-bond donors (Lipinski definition) is 0. The van der Waals surface area contributed by atoms with E-state index in [2.05, 4.69) is 10.1 Å². The fourth-order valence-electron chi connectivity index (χ4n) is 1.87. The molecule has 0 aliphatic heterocycles. The molecule has 2 aromatic rings. The maximum atomic E-state index is 11.4. The van der Waals surface area contributed by atoms with E-state index in [-0.39, 0.29) is 17.3 Å². The molecule has 0 unspecified atom stereocenters. The van der Waals surface area contributed by atoms with Gasteiger partial charge in [-0.1, -0.05) is 0 Å². The molecule has 0 N–H and O–H groups in total. The Morgan fingerprint density at radius 1 is 1.25 bits per heavy atom. The average molecular weight is 299 g/mol. The highest BCUT2D eigenvalue weighted by molar-refractivity contribution is 7.86. The van der Waals surface area contributed by atoms with Crippen LogP contribution in [0.3, 0.4) is 0 Å². The molecule has 0 aliphatic rings. The minimum absolute atomic E-state index is 0.0256. The minimum atomic E-state index is -3.68. The predicted molar refractivity (Wildman–Crippen MR) is 74.5 cm³/mol. The van der Waals surface area contributed by atoms with E-state index in [4.69, 9.17) is 8.92 Å². The third kappa shape index (κ3) is 2.69. The van der Waals surface area contributed by atoms with Gasteiger partial charge in [0.1, 0.15) is 5.39 Å². The van der Waals surface area contributed by atoms with Crippen molar-refractivity contribution >= 4 is 21.0 Å². The fraction of sp³-hybridized carbons (Fsp3) is 0.500. The number of nitrogens with zero attached hydrogens (tertiary/aromatic N) is 3. The number of fused-ring (bicyclic) bond motifs is 1. The summed E-state index contributed by atoms with van der Waals surface area (Å²) in [5, 5.41) is 4.69. The van der Waals surface area contributed by atoms with Gasteiger partial charge in [-0.3, -0.25) is 4.68 Å². The molecule has 0 fully saturated rings. The fourth-order valence-corrected chi connectivity index (χ4v) is 2.28. The molecule has 20 heavy (non-hydrogen) atoms. The summed E-state index contributed by atoms with van der Waals surface area (Å²) in [4.78, 5) is 4.06. The van der Waals surface area contributed by atoms with Crippen molar-refractivity contribution in [1.29, 1.82) is 0 Å². The molecular formula is C12H17N3O4S. The second-order valence-corrected chi connectivity index (χ2v) is 6.96. The highest BCUT2D eigenvalue weighted by atomic mass is 32.2. The molecule has 0 saturated carbocycles. The smallest absolute Gasteiger partial charge is 0.307 e. The Morgan fingerprint density at radius 3 is 2.40 bits per heavy atom. The van der Waals surface area contributed by atoms with Crippen LogP contribution in [0.4, 0.5) is 0 Å². The summed E-state index contributed by atoms with van der Waals surface area (Å²) in [6.07, 6.45) is 2.55. The molecule has 2 rings (SSSR count). The summed E-state index contributed by atoms with van der Waals surface area (Å²) < 4.78 is 34.6. The SMILES string of the molecule is COc1nccc2c1c(OS(C)(=O)=O)nn2C(C)(C)C. The predicted octanol–water partition coefficient (Wildman–Crippen LogP) is 1.53. The second kappa shape index (κ2) is 4.62. The average Bonchev–Trinajstić information content (AvgIpc) is 2.65. The van der Waals surface area contributed by atoms with Crippen molar-refractivity contribution in [2.24, 2.45) is 0 Å². The molecule has 0 aliphatic carbocycles. The lowest BCUT2D eigenvalue weighted by Crippen LogP contribution is -2.23. The molecule has 2 heterocycles. The third-order valence-electron chi connectivity index (χ3n) is 2.59. The van der Waals surface area contributed by atoms with E-state index in [0.29, 0.717) is 10.9 Å². The number of pyridine rings is 1. The minimum Gasteiger partial charge on any atom is -0.480 e. The maximum Gasteiger partial charge on any atom is 0.307 e. The van der Waals surface area contributed by atoms with Crippen molar-refractivity contribution in [3.8, 4) is 11.8 Å². The van der Waals surface area contributed by atoms with Crippen molar-refractivity contribution in [3.63, 3.8) is 0 Å². The van der Waals surface area contributed by atoms with Crippen molar-refractivity contribution in [3.05, 3.63) is 12.3 Å². The van der Waals surface area contributed by atoms with Gasteiger partial charge in [0.2, 0.25) is 5.88 Å². The Labute approximate surface area is 117 Å². The van der Waals surface area contributed by atoms with Crippen LogP contribution in [0.5, 0.6) is 11.8 Å². The molecule has 0 radical (unpaired) electrons. The van der Waals surface area contributed by atoms with Gasteiger partial charge in [0.15, 0.2) is 0 Å². The topological polar surface area (TPSA) is 83.3 Å². The van der Waals surface area contributed by atoms with Crippen molar-refractivity contribution in [2.75, 3.05) is 13.4 Å².